The highest BCUT2D eigenvalue weighted by Gasteiger charge is 1.96. The molecular weight excluding hydrogens is 324 g/mol. The quantitative estimate of drug-likeness (QED) is 0.405. The van der Waals surface area contributed by atoms with E-state index >= 15 is 0 Å². The van der Waals surface area contributed by atoms with Gasteiger partial charge in [-0.3, -0.25) is 0 Å². The van der Waals surface area contributed by atoms with Crippen molar-refractivity contribution < 1.29 is 4.74 Å². The van der Waals surface area contributed by atoms with Crippen molar-refractivity contribution >= 4 is 15.9 Å². The Labute approximate surface area is 138 Å². The standard InChI is InChI=1S/C15H15BrO.2C2H6/c1-3-8-15(11-14(16)4-2)17-12-13-9-6-5-7-10-13;2*1-2/h3-11H,1-2,12H2;2*1-2H3/b14-11+,15-8+;;. The van der Waals surface area contributed by atoms with E-state index in [-0.39, 0.29) is 0 Å². The average molecular weight is 351 g/mol. The lowest BCUT2D eigenvalue weighted by atomic mass is 10.2. The Morgan fingerprint density at radius 1 is 1.10 bits per heavy atom. The summed E-state index contributed by atoms with van der Waals surface area (Å²) in [4.78, 5) is 0. The van der Waals surface area contributed by atoms with E-state index in [0.717, 1.165) is 15.8 Å². The number of hydrogen-bond donors (Lipinski definition) is 0. The van der Waals surface area contributed by atoms with Gasteiger partial charge >= 0.3 is 0 Å². The van der Waals surface area contributed by atoms with Gasteiger partial charge in [0.15, 0.2) is 0 Å². The summed E-state index contributed by atoms with van der Waals surface area (Å²) in [7, 11) is 0. The maximum atomic E-state index is 5.68. The third-order valence-electron chi connectivity index (χ3n) is 2.01. The van der Waals surface area contributed by atoms with E-state index in [9.17, 15) is 0 Å². The van der Waals surface area contributed by atoms with Crippen molar-refractivity contribution in [1.29, 1.82) is 0 Å². The molecule has 1 nitrogen and oxygen atoms in total. The highest BCUT2D eigenvalue weighted by molar-refractivity contribution is 9.11. The molecule has 116 valence electrons. The van der Waals surface area contributed by atoms with Gasteiger partial charge in [0.05, 0.1) is 0 Å². The molecule has 0 fully saturated rings. The van der Waals surface area contributed by atoms with E-state index in [2.05, 4.69) is 29.1 Å². The fourth-order valence-corrected chi connectivity index (χ4v) is 1.42. The number of allylic oxidation sites excluding steroid dienone is 5. The molecule has 0 N–H and O–H groups in total. The van der Waals surface area contributed by atoms with Crippen molar-refractivity contribution in [3.05, 3.63) is 83.6 Å². The molecule has 0 heterocycles. The van der Waals surface area contributed by atoms with Crippen LogP contribution >= 0.6 is 15.9 Å². The molecule has 0 aliphatic carbocycles. The Balaban J connectivity index is 0. The van der Waals surface area contributed by atoms with Crippen LogP contribution in [-0.2, 0) is 11.3 Å². The minimum Gasteiger partial charge on any atom is -0.489 e. The molecule has 0 saturated carbocycles. The van der Waals surface area contributed by atoms with Crippen molar-refractivity contribution in [2.45, 2.75) is 34.3 Å². The van der Waals surface area contributed by atoms with Gasteiger partial charge in [0.1, 0.15) is 12.4 Å². The Morgan fingerprint density at radius 2 is 1.67 bits per heavy atom. The molecule has 1 rings (SSSR count). The van der Waals surface area contributed by atoms with E-state index < -0.39 is 0 Å². The highest BCUT2D eigenvalue weighted by Crippen LogP contribution is 2.13. The van der Waals surface area contributed by atoms with E-state index in [0.29, 0.717) is 6.61 Å². The van der Waals surface area contributed by atoms with Gasteiger partial charge in [-0.15, -0.1) is 0 Å². The second-order valence-corrected chi connectivity index (χ2v) is 4.23. The Hall–Kier alpha value is -1.54. The maximum absolute atomic E-state index is 5.68. The summed E-state index contributed by atoms with van der Waals surface area (Å²) < 4.78 is 6.55. The molecule has 0 spiro atoms. The molecule has 21 heavy (non-hydrogen) atoms. The van der Waals surface area contributed by atoms with Gasteiger partial charge in [0.2, 0.25) is 0 Å². The highest BCUT2D eigenvalue weighted by atomic mass is 79.9. The summed E-state index contributed by atoms with van der Waals surface area (Å²) in [5, 5.41) is 0. The topological polar surface area (TPSA) is 9.23 Å². The van der Waals surface area contributed by atoms with Crippen LogP contribution in [0, 0.1) is 0 Å². The van der Waals surface area contributed by atoms with Gasteiger partial charge in [-0.2, -0.15) is 0 Å². The Morgan fingerprint density at radius 3 is 2.14 bits per heavy atom. The summed E-state index contributed by atoms with van der Waals surface area (Å²) in [5.74, 6) is 0.746. The monoisotopic (exact) mass is 350 g/mol. The molecule has 0 bridgehead atoms. The van der Waals surface area contributed by atoms with E-state index in [1.165, 1.54) is 0 Å². The minimum atomic E-state index is 0.536. The third kappa shape index (κ3) is 11.9. The molecule has 1 aromatic carbocycles. The van der Waals surface area contributed by atoms with Gasteiger partial charge in [0.25, 0.3) is 0 Å². The SMILES string of the molecule is C=C/C=C(\C=C(\Br)C=C)OCc1ccccc1.CC.CC. The second kappa shape index (κ2) is 16.5. The first-order valence-electron chi connectivity index (χ1n) is 7.25. The summed E-state index contributed by atoms with van der Waals surface area (Å²) in [6.07, 6.45) is 7.08. The average Bonchev–Trinajstić information content (AvgIpc) is 2.57. The molecule has 2 heteroatoms. The smallest absolute Gasteiger partial charge is 0.120 e. The number of hydrogen-bond acceptors (Lipinski definition) is 1. The molecule has 0 aromatic heterocycles. The largest absolute Gasteiger partial charge is 0.489 e. The van der Waals surface area contributed by atoms with Crippen molar-refractivity contribution in [1.82, 2.24) is 0 Å². The van der Waals surface area contributed by atoms with Gasteiger partial charge in [-0.1, -0.05) is 99.3 Å². The minimum absolute atomic E-state index is 0.536. The van der Waals surface area contributed by atoms with Crippen LogP contribution in [0.2, 0.25) is 0 Å². The van der Waals surface area contributed by atoms with Crippen molar-refractivity contribution in [2.24, 2.45) is 0 Å². The van der Waals surface area contributed by atoms with Crippen LogP contribution in [0.3, 0.4) is 0 Å². The number of benzene rings is 1. The molecule has 1 aromatic rings. The molecule has 0 aliphatic heterocycles. The lowest BCUT2D eigenvalue weighted by Crippen LogP contribution is -1.91. The molecule has 0 unspecified atom stereocenters. The summed E-state index contributed by atoms with van der Waals surface area (Å²) >= 11 is 3.36. The van der Waals surface area contributed by atoms with Crippen LogP contribution < -0.4 is 0 Å². The molecule has 0 amide bonds. The van der Waals surface area contributed by atoms with E-state index in [4.69, 9.17) is 4.74 Å². The zero-order chi connectivity index (χ0) is 16.5. The van der Waals surface area contributed by atoms with Crippen molar-refractivity contribution in [3.63, 3.8) is 0 Å². The molecule has 0 radical (unpaired) electrons. The first kappa shape index (κ1) is 21.8. The lowest BCUT2D eigenvalue weighted by molar-refractivity contribution is 0.211. The van der Waals surface area contributed by atoms with E-state index in [1.54, 1.807) is 12.2 Å². The van der Waals surface area contributed by atoms with Gasteiger partial charge in [0, 0.05) is 4.48 Å². The van der Waals surface area contributed by atoms with Gasteiger partial charge in [-0.05, 0) is 17.7 Å². The van der Waals surface area contributed by atoms with Crippen LogP contribution in [0.1, 0.15) is 33.3 Å². The van der Waals surface area contributed by atoms with Crippen LogP contribution in [0.4, 0.5) is 0 Å². The van der Waals surface area contributed by atoms with Gasteiger partial charge in [-0.25, -0.2) is 0 Å². The zero-order valence-corrected chi connectivity index (χ0v) is 15.2. The third-order valence-corrected chi connectivity index (χ3v) is 2.56. The normalized spacial score (nSPS) is 10.3. The van der Waals surface area contributed by atoms with E-state index in [1.807, 2.05) is 70.2 Å². The van der Waals surface area contributed by atoms with Crippen molar-refractivity contribution in [2.75, 3.05) is 0 Å². The first-order chi connectivity index (χ1) is 10.3. The number of rotatable bonds is 6. The van der Waals surface area contributed by atoms with Crippen molar-refractivity contribution in [3.8, 4) is 0 Å². The summed E-state index contributed by atoms with van der Waals surface area (Å²) in [6.45, 7) is 15.9. The molecular formula is C19H27BrO. The lowest BCUT2D eigenvalue weighted by Gasteiger charge is -2.07. The fraction of sp³-hybridized carbons (Fsp3) is 0.263. The second-order valence-electron chi connectivity index (χ2n) is 3.31. The zero-order valence-electron chi connectivity index (χ0n) is 13.6. The predicted octanol–water partition coefficient (Wildman–Crippen LogP) is 6.79. The predicted molar refractivity (Wildman–Crippen MR) is 99.4 cm³/mol. The molecule has 0 saturated heterocycles. The fourth-order valence-electron chi connectivity index (χ4n) is 1.19. The Kier molecular flexibility index (Phi) is 17.1. The van der Waals surface area contributed by atoms with Crippen LogP contribution in [-0.4, -0.2) is 0 Å². The summed E-state index contributed by atoms with van der Waals surface area (Å²) in [5.41, 5.74) is 1.13. The van der Waals surface area contributed by atoms with Crippen LogP contribution in [0.15, 0.2) is 78.0 Å². The van der Waals surface area contributed by atoms with Gasteiger partial charge < -0.3 is 4.74 Å². The number of ether oxygens (including phenoxy) is 1. The maximum Gasteiger partial charge on any atom is 0.120 e. The summed E-state index contributed by atoms with van der Waals surface area (Å²) in [6, 6.07) is 10.0. The molecule has 0 atom stereocenters. The van der Waals surface area contributed by atoms with Crippen LogP contribution in [0.5, 0.6) is 0 Å². The van der Waals surface area contributed by atoms with Crippen LogP contribution in [0.25, 0.3) is 0 Å². The number of halogens is 1. The first-order valence-corrected chi connectivity index (χ1v) is 8.04. The molecule has 0 aliphatic rings. The Bertz CT molecular complexity index is 430.